The molecule has 8 heteroatoms. The average molecular weight is 366 g/mol. The number of hydrogen-bond acceptors (Lipinski definition) is 5. The molecule has 1 saturated heterocycles. The Labute approximate surface area is 147 Å². The van der Waals surface area contributed by atoms with E-state index >= 15 is 0 Å². The number of aliphatic hydroxyl groups is 1. The molecule has 0 radical (unpaired) electrons. The van der Waals surface area contributed by atoms with Crippen LogP contribution in [0.4, 0.5) is 5.69 Å². The molecule has 136 valence electrons. The summed E-state index contributed by atoms with van der Waals surface area (Å²) in [6, 6.07) is 9.20. The van der Waals surface area contributed by atoms with Crippen molar-refractivity contribution < 1.29 is 23.4 Å². The van der Waals surface area contributed by atoms with E-state index < -0.39 is 10.2 Å². The summed E-state index contributed by atoms with van der Waals surface area (Å²) >= 11 is 0. The molecule has 7 nitrogen and oxygen atoms in total. The standard InChI is InChI=1S/C17H22N2O5S/c20-7-9-24-8-1-2-13-3-4-14-12-17(21)16(11-15(14)10-13)19-6-5-18-25(19,22)23/h3-4,10-12,18,20-21H,1-2,5-9H2. The van der Waals surface area contributed by atoms with Gasteiger partial charge in [0.1, 0.15) is 5.75 Å². The highest BCUT2D eigenvalue weighted by atomic mass is 32.2. The van der Waals surface area contributed by atoms with Crippen LogP contribution in [-0.2, 0) is 21.4 Å². The van der Waals surface area contributed by atoms with E-state index in [9.17, 15) is 13.5 Å². The number of benzene rings is 2. The lowest BCUT2D eigenvalue weighted by atomic mass is 10.0. The lowest BCUT2D eigenvalue weighted by molar-refractivity contribution is 0.0909. The summed E-state index contributed by atoms with van der Waals surface area (Å²) < 4.78 is 32.9. The van der Waals surface area contributed by atoms with Gasteiger partial charge in [0.25, 0.3) is 0 Å². The monoisotopic (exact) mass is 366 g/mol. The first kappa shape index (κ1) is 17.9. The number of ether oxygens (including phenoxy) is 1. The van der Waals surface area contributed by atoms with Gasteiger partial charge < -0.3 is 14.9 Å². The number of rotatable bonds is 7. The van der Waals surface area contributed by atoms with E-state index in [2.05, 4.69) is 4.72 Å². The van der Waals surface area contributed by atoms with E-state index in [1.54, 1.807) is 12.1 Å². The van der Waals surface area contributed by atoms with Crippen LogP contribution in [0.15, 0.2) is 30.3 Å². The first-order valence-electron chi connectivity index (χ1n) is 8.23. The van der Waals surface area contributed by atoms with Gasteiger partial charge in [0.05, 0.1) is 18.9 Å². The molecular weight excluding hydrogens is 344 g/mol. The second-order valence-electron chi connectivity index (χ2n) is 5.93. The highest BCUT2D eigenvalue weighted by Gasteiger charge is 2.29. The number of aromatic hydroxyl groups is 1. The number of anilines is 1. The molecule has 0 aromatic heterocycles. The van der Waals surface area contributed by atoms with Crippen molar-refractivity contribution in [3.05, 3.63) is 35.9 Å². The second-order valence-corrected chi connectivity index (χ2v) is 7.61. The molecule has 2 aromatic carbocycles. The maximum Gasteiger partial charge on any atom is 0.301 e. The number of fused-ring (bicyclic) bond motifs is 1. The minimum Gasteiger partial charge on any atom is -0.506 e. The third kappa shape index (κ3) is 4.04. The molecule has 1 aliphatic rings. The molecule has 0 amide bonds. The van der Waals surface area contributed by atoms with E-state index in [4.69, 9.17) is 9.84 Å². The SMILES string of the molecule is O=S1(=O)NCCN1c1cc2cc(CCCOCCO)ccc2cc1O. The number of hydrogen-bond donors (Lipinski definition) is 3. The Morgan fingerprint density at radius 1 is 1.16 bits per heavy atom. The molecule has 0 spiro atoms. The van der Waals surface area contributed by atoms with E-state index in [1.165, 1.54) is 4.31 Å². The zero-order valence-electron chi connectivity index (χ0n) is 13.8. The van der Waals surface area contributed by atoms with Crippen LogP contribution in [0.3, 0.4) is 0 Å². The lowest BCUT2D eigenvalue weighted by Gasteiger charge is -2.18. The van der Waals surface area contributed by atoms with Crippen molar-refractivity contribution in [1.29, 1.82) is 0 Å². The number of phenols is 1. The van der Waals surface area contributed by atoms with Gasteiger partial charge in [-0.3, -0.25) is 4.31 Å². The minimum atomic E-state index is -3.58. The quantitative estimate of drug-likeness (QED) is 0.638. The Kier molecular flexibility index (Phi) is 5.43. The molecule has 0 unspecified atom stereocenters. The van der Waals surface area contributed by atoms with Crippen molar-refractivity contribution in [2.24, 2.45) is 0 Å². The Morgan fingerprint density at radius 3 is 2.72 bits per heavy atom. The largest absolute Gasteiger partial charge is 0.506 e. The van der Waals surface area contributed by atoms with Crippen LogP contribution in [0, 0.1) is 0 Å². The summed E-state index contributed by atoms with van der Waals surface area (Å²) in [5, 5.41) is 20.6. The zero-order chi connectivity index (χ0) is 17.9. The number of nitrogens with one attached hydrogen (secondary N) is 1. The summed E-state index contributed by atoms with van der Waals surface area (Å²) in [6.07, 6.45) is 1.65. The third-order valence-corrected chi connectivity index (χ3v) is 5.67. The highest BCUT2D eigenvalue weighted by Crippen LogP contribution is 2.34. The fourth-order valence-corrected chi connectivity index (χ4v) is 4.19. The van der Waals surface area contributed by atoms with Gasteiger partial charge in [-0.25, -0.2) is 0 Å². The molecule has 0 bridgehead atoms. The Balaban J connectivity index is 1.82. The van der Waals surface area contributed by atoms with Crippen LogP contribution >= 0.6 is 0 Å². The van der Waals surface area contributed by atoms with Crippen molar-refractivity contribution in [3.63, 3.8) is 0 Å². The molecular formula is C17H22N2O5S. The molecule has 25 heavy (non-hydrogen) atoms. The van der Waals surface area contributed by atoms with Crippen LogP contribution in [0.2, 0.25) is 0 Å². The molecule has 0 aliphatic carbocycles. The van der Waals surface area contributed by atoms with Gasteiger partial charge in [0.2, 0.25) is 0 Å². The first-order chi connectivity index (χ1) is 12.0. The van der Waals surface area contributed by atoms with Crippen LogP contribution in [0.25, 0.3) is 10.8 Å². The molecule has 1 aliphatic heterocycles. The number of aryl methyl sites for hydroxylation is 1. The van der Waals surface area contributed by atoms with Gasteiger partial charge in [-0.15, -0.1) is 0 Å². The Morgan fingerprint density at radius 2 is 2.00 bits per heavy atom. The molecule has 3 rings (SSSR count). The molecule has 0 saturated carbocycles. The summed E-state index contributed by atoms with van der Waals surface area (Å²) in [5.74, 6) is -0.0510. The van der Waals surface area contributed by atoms with Gasteiger partial charge in [-0.2, -0.15) is 13.1 Å². The maximum atomic E-state index is 12.0. The van der Waals surface area contributed by atoms with Crippen LogP contribution < -0.4 is 9.03 Å². The van der Waals surface area contributed by atoms with Gasteiger partial charge in [-0.1, -0.05) is 18.2 Å². The van der Waals surface area contributed by atoms with Crippen LogP contribution in [-0.4, -0.2) is 51.5 Å². The fraction of sp³-hybridized carbons (Fsp3) is 0.412. The molecule has 2 aromatic rings. The predicted octanol–water partition coefficient (Wildman–Crippen LogP) is 1.14. The minimum absolute atomic E-state index is 0.0243. The van der Waals surface area contributed by atoms with E-state index in [0.717, 1.165) is 29.2 Å². The highest BCUT2D eigenvalue weighted by molar-refractivity contribution is 7.91. The smallest absolute Gasteiger partial charge is 0.301 e. The van der Waals surface area contributed by atoms with Crippen molar-refractivity contribution in [2.75, 3.05) is 37.2 Å². The first-order valence-corrected chi connectivity index (χ1v) is 9.67. The summed E-state index contributed by atoms with van der Waals surface area (Å²) in [6.45, 7) is 1.57. The zero-order valence-corrected chi connectivity index (χ0v) is 14.6. The van der Waals surface area contributed by atoms with Crippen LogP contribution in [0.1, 0.15) is 12.0 Å². The molecule has 1 heterocycles. The van der Waals surface area contributed by atoms with E-state index in [1.807, 2.05) is 18.2 Å². The topological polar surface area (TPSA) is 99.1 Å². The van der Waals surface area contributed by atoms with Gasteiger partial charge >= 0.3 is 10.2 Å². The average Bonchev–Trinajstić information content (AvgIpc) is 2.93. The van der Waals surface area contributed by atoms with Crippen molar-refractivity contribution >= 4 is 26.7 Å². The normalized spacial score (nSPS) is 16.6. The number of phenolic OH excluding ortho intramolecular Hbond substituents is 1. The molecule has 0 atom stereocenters. The number of aliphatic hydroxyl groups excluding tert-OH is 1. The maximum absolute atomic E-state index is 12.0. The second kappa shape index (κ2) is 7.57. The Bertz CT molecular complexity index is 853. The number of nitrogens with zero attached hydrogens (tertiary/aromatic N) is 1. The summed E-state index contributed by atoms with van der Waals surface area (Å²) in [7, 11) is -3.58. The van der Waals surface area contributed by atoms with Gasteiger partial charge in [0.15, 0.2) is 0 Å². The van der Waals surface area contributed by atoms with Gasteiger partial charge in [-0.05, 0) is 41.3 Å². The van der Waals surface area contributed by atoms with Crippen molar-refractivity contribution in [3.8, 4) is 5.75 Å². The third-order valence-electron chi connectivity index (χ3n) is 4.15. The summed E-state index contributed by atoms with van der Waals surface area (Å²) in [5.41, 5.74) is 1.40. The van der Waals surface area contributed by atoms with Gasteiger partial charge in [0, 0.05) is 19.7 Å². The fourth-order valence-electron chi connectivity index (χ4n) is 2.95. The molecule has 3 N–H and O–H groups in total. The van der Waals surface area contributed by atoms with E-state index in [-0.39, 0.29) is 12.4 Å². The lowest BCUT2D eigenvalue weighted by Crippen LogP contribution is -2.29. The van der Waals surface area contributed by atoms with Crippen LogP contribution in [0.5, 0.6) is 5.75 Å². The van der Waals surface area contributed by atoms with Crippen molar-refractivity contribution in [2.45, 2.75) is 12.8 Å². The van der Waals surface area contributed by atoms with Crippen molar-refractivity contribution in [1.82, 2.24) is 4.72 Å². The molecule has 1 fully saturated rings. The van der Waals surface area contributed by atoms with E-state index in [0.29, 0.717) is 32.0 Å². The Hall–Kier alpha value is -1.87. The summed E-state index contributed by atoms with van der Waals surface area (Å²) in [4.78, 5) is 0. The predicted molar refractivity (Wildman–Crippen MR) is 96.1 cm³/mol.